The van der Waals surface area contributed by atoms with Crippen molar-refractivity contribution in [3.05, 3.63) is 52.5 Å². The maximum Gasteiger partial charge on any atom is 0.398 e. The number of halogens is 4. The number of hydrogen-bond acceptors (Lipinski definition) is 3. The van der Waals surface area contributed by atoms with E-state index < -0.39 is 11.9 Å². The van der Waals surface area contributed by atoms with E-state index in [1.807, 2.05) is 31.1 Å². The third kappa shape index (κ3) is 6.07. The second-order valence-electron chi connectivity index (χ2n) is 6.03. The minimum absolute atomic E-state index is 0.464. The smallest absolute Gasteiger partial charge is 0.398 e. The van der Waals surface area contributed by atoms with Crippen LogP contribution in [0.2, 0.25) is 5.02 Å². The van der Waals surface area contributed by atoms with Gasteiger partial charge in [0.1, 0.15) is 17.3 Å². The molecule has 146 valence electrons. The highest BCUT2D eigenvalue weighted by atomic mass is 35.5. The minimum atomic E-state index is -4.24. The molecule has 0 saturated heterocycles. The van der Waals surface area contributed by atoms with E-state index >= 15 is 0 Å². The summed E-state index contributed by atoms with van der Waals surface area (Å²) in [6.07, 6.45) is -4.24. The number of thioether (sulfide) groups is 1. The summed E-state index contributed by atoms with van der Waals surface area (Å²) in [6, 6.07) is 10.5. The molecule has 2 aromatic carbocycles. The number of aryl methyl sites for hydroxylation is 1. The number of hydrogen-bond donors (Lipinski definition) is 0. The number of rotatable bonds is 5. The Morgan fingerprint density at radius 2 is 1.81 bits per heavy atom. The molecule has 27 heavy (non-hydrogen) atoms. The summed E-state index contributed by atoms with van der Waals surface area (Å²) >= 11 is 6.69. The van der Waals surface area contributed by atoms with E-state index in [2.05, 4.69) is 4.99 Å². The SMILES string of the molecule is COc1cc(C)c(SCC(F)(F)F)cc1N=C(c1ccc(Cl)cc1)N(C)C. The van der Waals surface area contributed by atoms with Gasteiger partial charge in [0, 0.05) is 29.6 Å². The highest BCUT2D eigenvalue weighted by Gasteiger charge is 2.27. The second-order valence-corrected chi connectivity index (χ2v) is 7.48. The van der Waals surface area contributed by atoms with E-state index in [4.69, 9.17) is 16.3 Å². The van der Waals surface area contributed by atoms with Crippen molar-refractivity contribution in [1.82, 2.24) is 4.90 Å². The van der Waals surface area contributed by atoms with Crippen molar-refractivity contribution in [2.75, 3.05) is 27.0 Å². The van der Waals surface area contributed by atoms with Gasteiger partial charge in [-0.3, -0.25) is 0 Å². The van der Waals surface area contributed by atoms with Gasteiger partial charge in [-0.15, -0.1) is 11.8 Å². The maximum atomic E-state index is 12.6. The molecule has 0 atom stereocenters. The zero-order valence-electron chi connectivity index (χ0n) is 15.4. The molecule has 0 aliphatic carbocycles. The predicted octanol–water partition coefficient (Wildman–Crippen LogP) is 5.95. The van der Waals surface area contributed by atoms with E-state index in [-0.39, 0.29) is 0 Å². The Bertz CT molecular complexity index is 821. The van der Waals surface area contributed by atoms with Crippen molar-refractivity contribution in [3.63, 3.8) is 0 Å². The summed E-state index contributed by atoms with van der Waals surface area (Å²) in [6.45, 7) is 1.75. The topological polar surface area (TPSA) is 24.8 Å². The molecule has 0 bridgehead atoms. The normalized spacial score (nSPS) is 12.2. The molecule has 0 unspecified atom stereocenters. The van der Waals surface area contributed by atoms with Gasteiger partial charge in [-0.2, -0.15) is 13.2 Å². The van der Waals surface area contributed by atoms with Gasteiger partial charge in [0.25, 0.3) is 0 Å². The average molecular weight is 417 g/mol. The third-order valence-electron chi connectivity index (χ3n) is 3.62. The summed E-state index contributed by atoms with van der Waals surface area (Å²) in [4.78, 5) is 6.99. The van der Waals surface area contributed by atoms with E-state index in [0.29, 0.717) is 32.8 Å². The summed E-state index contributed by atoms with van der Waals surface area (Å²) in [7, 11) is 5.19. The molecule has 2 aromatic rings. The quantitative estimate of drug-likeness (QED) is 0.342. The van der Waals surface area contributed by atoms with Crippen LogP contribution in [-0.4, -0.2) is 43.9 Å². The van der Waals surface area contributed by atoms with Crippen molar-refractivity contribution < 1.29 is 17.9 Å². The largest absolute Gasteiger partial charge is 0.494 e. The van der Waals surface area contributed by atoms with Crippen LogP contribution >= 0.6 is 23.4 Å². The van der Waals surface area contributed by atoms with Crippen LogP contribution in [0.5, 0.6) is 5.75 Å². The van der Waals surface area contributed by atoms with Gasteiger partial charge in [-0.25, -0.2) is 4.99 Å². The summed E-state index contributed by atoms with van der Waals surface area (Å²) in [5.74, 6) is 0.180. The standard InChI is InChI=1S/C19H20ClF3N2OS/c1-12-9-16(26-4)15(10-17(12)27-11-19(21,22)23)24-18(25(2)3)13-5-7-14(20)8-6-13/h5-10H,11H2,1-4H3. The lowest BCUT2D eigenvalue weighted by Crippen LogP contribution is -2.22. The van der Waals surface area contributed by atoms with Gasteiger partial charge in [0.15, 0.2) is 0 Å². The molecule has 0 aromatic heterocycles. The van der Waals surface area contributed by atoms with Gasteiger partial charge in [-0.1, -0.05) is 11.6 Å². The van der Waals surface area contributed by atoms with Crippen molar-refractivity contribution in [1.29, 1.82) is 0 Å². The van der Waals surface area contributed by atoms with Crippen LogP contribution in [-0.2, 0) is 0 Å². The number of amidine groups is 1. The van der Waals surface area contributed by atoms with Gasteiger partial charge in [0.05, 0.1) is 12.9 Å². The first-order chi connectivity index (χ1) is 12.6. The zero-order chi connectivity index (χ0) is 20.2. The van der Waals surface area contributed by atoms with Crippen LogP contribution in [0.25, 0.3) is 0 Å². The molecule has 8 heteroatoms. The van der Waals surface area contributed by atoms with Crippen LogP contribution in [0.4, 0.5) is 18.9 Å². The first-order valence-electron chi connectivity index (χ1n) is 8.01. The van der Waals surface area contributed by atoms with Gasteiger partial charge < -0.3 is 9.64 Å². The van der Waals surface area contributed by atoms with Gasteiger partial charge in [-0.05, 0) is 48.9 Å². The molecule has 0 fully saturated rings. The molecule has 0 aliphatic heterocycles. The number of alkyl halides is 3. The van der Waals surface area contributed by atoms with Crippen LogP contribution in [0.3, 0.4) is 0 Å². The van der Waals surface area contributed by atoms with Gasteiger partial charge >= 0.3 is 6.18 Å². The zero-order valence-corrected chi connectivity index (χ0v) is 17.0. The average Bonchev–Trinajstić information content (AvgIpc) is 2.59. The van der Waals surface area contributed by atoms with Gasteiger partial charge in [0.2, 0.25) is 0 Å². The molecule has 0 spiro atoms. The molecule has 0 radical (unpaired) electrons. The summed E-state index contributed by atoms with van der Waals surface area (Å²) in [5, 5.41) is 0.607. The Balaban J connectivity index is 2.49. The molecule has 2 rings (SSSR count). The number of aliphatic imine (C=N–C) groups is 1. The predicted molar refractivity (Wildman–Crippen MR) is 106 cm³/mol. The minimum Gasteiger partial charge on any atom is -0.494 e. The van der Waals surface area contributed by atoms with Crippen LogP contribution in [0, 0.1) is 6.92 Å². The fraction of sp³-hybridized carbons (Fsp3) is 0.316. The van der Waals surface area contributed by atoms with Crippen LogP contribution in [0.15, 0.2) is 46.3 Å². The number of nitrogens with zero attached hydrogens (tertiary/aromatic N) is 2. The maximum absolute atomic E-state index is 12.6. The summed E-state index contributed by atoms with van der Waals surface area (Å²) < 4.78 is 43.2. The number of methoxy groups -OCH3 is 1. The van der Waals surface area contributed by atoms with Crippen molar-refractivity contribution >= 4 is 34.9 Å². The molecular weight excluding hydrogens is 397 g/mol. The number of benzene rings is 2. The fourth-order valence-corrected chi connectivity index (χ4v) is 3.28. The molecule has 0 N–H and O–H groups in total. The lowest BCUT2D eigenvalue weighted by molar-refractivity contribution is -0.105. The molecule has 0 amide bonds. The van der Waals surface area contributed by atoms with E-state index in [1.54, 1.807) is 31.2 Å². The van der Waals surface area contributed by atoms with Crippen LogP contribution < -0.4 is 4.74 Å². The van der Waals surface area contributed by atoms with Crippen LogP contribution in [0.1, 0.15) is 11.1 Å². The highest BCUT2D eigenvalue weighted by molar-refractivity contribution is 7.99. The van der Waals surface area contributed by atoms with E-state index in [9.17, 15) is 13.2 Å². The first kappa shape index (κ1) is 21.4. The van der Waals surface area contributed by atoms with Crippen molar-refractivity contribution in [3.8, 4) is 5.75 Å². The first-order valence-corrected chi connectivity index (χ1v) is 9.37. The van der Waals surface area contributed by atoms with E-state index in [1.165, 1.54) is 7.11 Å². The third-order valence-corrected chi connectivity index (χ3v) is 5.09. The molecule has 0 saturated carbocycles. The monoisotopic (exact) mass is 416 g/mol. The lowest BCUT2D eigenvalue weighted by Gasteiger charge is -2.18. The highest BCUT2D eigenvalue weighted by Crippen LogP contribution is 2.37. The van der Waals surface area contributed by atoms with Crippen molar-refractivity contribution in [2.24, 2.45) is 4.99 Å². The summed E-state index contributed by atoms with van der Waals surface area (Å²) in [5.41, 5.74) is 2.00. The van der Waals surface area contributed by atoms with Crippen molar-refractivity contribution in [2.45, 2.75) is 18.0 Å². The molecule has 0 heterocycles. The molecule has 0 aliphatic rings. The molecular formula is C19H20ClF3N2OS. The Kier molecular flexibility index (Phi) is 7.06. The Morgan fingerprint density at radius 3 is 2.33 bits per heavy atom. The molecule has 3 nitrogen and oxygen atoms in total. The Morgan fingerprint density at radius 1 is 1.19 bits per heavy atom. The van der Waals surface area contributed by atoms with E-state index in [0.717, 1.165) is 17.3 Å². The Labute approximate surface area is 166 Å². The fourth-order valence-electron chi connectivity index (χ4n) is 2.35. The second kappa shape index (κ2) is 8.89. The Hall–Kier alpha value is -1.86. The number of ether oxygens (including phenoxy) is 1. The lowest BCUT2D eigenvalue weighted by atomic mass is 10.1.